The monoisotopic (exact) mass is 406 g/mol. The van der Waals surface area contributed by atoms with Crippen LogP contribution >= 0.6 is 0 Å². The molecule has 4 heteroatoms. The van der Waals surface area contributed by atoms with Crippen LogP contribution in [-0.2, 0) is 11.8 Å². The molecule has 0 radical (unpaired) electrons. The van der Waals surface area contributed by atoms with Crippen LogP contribution in [0.2, 0.25) is 0 Å². The summed E-state index contributed by atoms with van der Waals surface area (Å²) in [5, 5.41) is 20.2. The maximum atomic E-state index is 10.1. The first kappa shape index (κ1) is 21.9. The Bertz CT molecular complexity index is 886. The Morgan fingerprint density at radius 3 is 2.13 bits per heavy atom. The quantitative estimate of drug-likeness (QED) is 0.464. The highest BCUT2D eigenvalue weighted by Gasteiger charge is 2.30. The van der Waals surface area contributed by atoms with Crippen LogP contribution in [0.3, 0.4) is 0 Å². The van der Waals surface area contributed by atoms with Crippen LogP contribution in [0.1, 0.15) is 30.9 Å². The molecule has 30 heavy (non-hydrogen) atoms. The molecule has 0 fully saturated rings. The molecule has 0 atom stereocenters. The van der Waals surface area contributed by atoms with E-state index >= 15 is 0 Å². The molecule has 0 bridgehead atoms. The molecule has 3 aromatic carbocycles. The van der Waals surface area contributed by atoms with Gasteiger partial charge in [-0.3, -0.25) is 0 Å². The Hall–Kier alpha value is -2.82. The molecule has 0 heterocycles. The fourth-order valence-corrected chi connectivity index (χ4v) is 3.63. The summed E-state index contributed by atoms with van der Waals surface area (Å²) in [7, 11) is 0. The summed E-state index contributed by atoms with van der Waals surface area (Å²) in [6, 6.07) is 25.4. The molecule has 0 amide bonds. The van der Waals surface area contributed by atoms with Gasteiger partial charge in [0.25, 0.3) is 0 Å². The normalized spacial score (nSPS) is 11.3. The summed E-state index contributed by atoms with van der Waals surface area (Å²) >= 11 is 0. The number of hydrogen-bond donors (Lipinski definition) is 2. The SMILES string of the molecule is CCOc1ccc(C(CO)(CO)CCCc2cccc(Oc3ccccc3)c2)cc1. The fraction of sp³-hybridized carbons (Fsp3) is 0.308. The average Bonchev–Trinajstić information content (AvgIpc) is 2.79. The Kier molecular flexibility index (Phi) is 7.89. The lowest BCUT2D eigenvalue weighted by atomic mass is 9.77. The highest BCUT2D eigenvalue weighted by molar-refractivity contribution is 5.35. The van der Waals surface area contributed by atoms with Crippen LogP contribution < -0.4 is 9.47 Å². The topological polar surface area (TPSA) is 58.9 Å². The van der Waals surface area contributed by atoms with Gasteiger partial charge in [0.2, 0.25) is 0 Å². The van der Waals surface area contributed by atoms with E-state index in [1.54, 1.807) is 0 Å². The lowest BCUT2D eigenvalue weighted by Crippen LogP contribution is -2.35. The molecular formula is C26H30O4. The second-order valence-electron chi connectivity index (χ2n) is 7.47. The number of rotatable bonds is 11. The Labute approximate surface area is 178 Å². The van der Waals surface area contributed by atoms with Crippen molar-refractivity contribution >= 4 is 0 Å². The summed E-state index contributed by atoms with van der Waals surface area (Å²) in [6.45, 7) is 2.35. The zero-order valence-electron chi connectivity index (χ0n) is 17.5. The van der Waals surface area contributed by atoms with Gasteiger partial charge in [-0.1, -0.05) is 42.5 Å². The molecule has 0 unspecified atom stereocenters. The molecular weight excluding hydrogens is 376 g/mol. The fourth-order valence-electron chi connectivity index (χ4n) is 3.63. The van der Waals surface area contributed by atoms with Crippen LogP contribution in [0.15, 0.2) is 78.9 Å². The average molecular weight is 407 g/mol. The summed E-state index contributed by atoms with van der Waals surface area (Å²) in [4.78, 5) is 0. The van der Waals surface area contributed by atoms with Crippen LogP contribution in [-0.4, -0.2) is 30.0 Å². The van der Waals surface area contributed by atoms with Crippen molar-refractivity contribution in [3.05, 3.63) is 90.0 Å². The van der Waals surface area contributed by atoms with Crippen LogP contribution in [0.5, 0.6) is 17.2 Å². The number of aryl methyl sites for hydroxylation is 1. The smallest absolute Gasteiger partial charge is 0.127 e. The third-order valence-electron chi connectivity index (χ3n) is 5.38. The van der Waals surface area contributed by atoms with E-state index in [9.17, 15) is 10.2 Å². The molecule has 0 aliphatic heterocycles. The van der Waals surface area contributed by atoms with E-state index in [4.69, 9.17) is 9.47 Å². The lowest BCUT2D eigenvalue weighted by Gasteiger charge is -2.30. The van der Waals surface area contributed by atoms with Gasteiger partial charge in [0.05, 0.1) is 19.8 Å². The van der Waals surface area contributed by atoms with Crippen LogP contribution in [0, 0.1) is 0 Å². The number of aliphatic hydroxyl groups is 2. The van der Waals surface area contributed by atoms with Gasteiger partial charge in [0.1, 0.15) is 17.2 Å². The van der Waals surface area contributed by atoms with Crippen molar-refractivity contribution in [2.75, 3.05) is 19.8 Å². The molecule has 3 rings (SSSR count). The molecule has 4 nitrogen and oxygen atoms in total. The van der Waals surface area contributed by atoms with E-state index < -0.39 is 5.41 Å². The number of ether oxygens (including phenoxy) is 2. The van der Waals surface area contributed by atoms with Crippen molar-refractivity contribution in [1.29, 1.82) is 0 Å². The van der Waals surface area contributed by atoms with Crippen molar-refractivity contribution < 1.29 is 19.7 Å². The predicted molar refractivity (Wildman–Crippen MR) is 119 cm³/mol. The number of aliphatic hydroxyl groups excluding tert-OH is 2. The van der Waals surface area contributed by atoms with Crippen LogP contribution in [0.4, 0.5) is 0 Å². The molecule has 158 valence electrons. The Morgan fingerprint density at radius 1 is 0.767 bits per heavy atom. The van der Waals surface area contributed by atoms with Crippen LogP contribution in [0.25, 0.3) is 0 Å². The van der Waals surface area contributed by atoms with Crippen molar-refractivity contribution in [2.45, 2.75) is 31.6 Å². The van der Waals surface area contributed by atoms with E-state index in [0.29, 0.717) is 13.0 Å². The second kappa shape index (κ2) is 10.8. The van der Waals surface area contributed by atoms with Gasteiger partial charge >= 0.3 is 0 Å². The van der Waals surface area contributed by atoms with E-state index in [2.05, 4.69) is 6.07 Å². The first-order valence-corrected chi connectivity index (χ1v) is 10.5. The predicted octanol–water partition coefficient (Wildman–Crippen LogP) is 5.12. The minimum Gasteiger partial charge on any atom is -0.494 e. The Balaban J connectivity index is 1.63. The highest BCUT2D eigenvalue weighted by atomic mass is 16.5. The van der Waals surface area contributed by atoms with Gasteiger partial charge in [0, 0.05) is 5.41 Å². The Morgan fingerprint density at radius 2 is 1.47 bits per heavy atom. The maximum Gasteiger partial charge on any atom is 0.127 e. The summed E-state index contributed by atoms with van der Waals surface area (Å²) in [5.74, 6) is 2.41. The van der Waals surface area contributed by atoms with Crippen molar-refractivity contribution in [3.63, 3.8) is 0 Å². The maximum absolute atomic E-state index is 10.1. The third-order valence-corrected chi connectivity index (χ3v) is 5.38. The molecule has 0 saturated heterocycles. The van der Waals surface area contributed by atoms with Gasteiger partial charge in [0.15, 0.2) is 0 Å². The van der Waals surface area contributed by atoms with Gasteiger partial charge < -0.3 is 19.7 Å². The molecule has 0 aromatic heterocycles. The first-order chi connectivity index (χ1) is 14.7. The lowest BCUT2D eigenvalue weighted by molar-refractivity contribution is 0.107. The van der Waals surface area contributed by atoms with Gasteiger partial charge in [-0.15, -0.1) is 0 Å². The van der Waals surface area contributed by atoms with Crippen molar-refractivity contribution in [1.82, 2.24) is 0 Å². The van der Waals surface area contributed by atoms with E-state index in [-0.39, 0.29) is 13.2 Å². The number of benzene rings is 3. The molecule has 2 N–H and O–H groups in total. The summed E-state index contributed by atoms with van der Waals surface area (Å²) in [5.41, 5.74) is 1.43. The second-order valence-corrected chi connectivity index (χ2v) is 7.47. The van der Waals surface area contributed by atoms with Gasteiger partial charge in [-0.2, -0.15) is 0 Å². The third kappa shape index (κ3) is 5.62. The number of para-hydroxylation sites is 1. The summed E-state index contributed by atoms with van der Waals surface area (Å²) < 4.78 is 11.4. The van der Waals surface area contributed by atoms with Gasteiger partial charge in [-0.25, -0.2) is 0 Å². The molecule has 0 spiro atoms. The molecule has 0 aliphatic carbocycles. The minimum atomic E-state index is -0.664. The van der Waals surface area contributed by atoms with E-state index in [1.807, 2.05) is 79.7 Å². The van der Waals surface area contributed by atoms with E-state index in [1.165, 1.54) is 5.56 Å². The zero-order valence-corrected chi connectivity index (χ0v) is 17.5. The number of hydrogen-bond acceptors (Lipinski definition) is 4. The van der Waals surface area contributed by atoms with Crippen molar-refractivity contribution in [2.24, 2.45) is 0 Å². The molecule has 0 aliphatic rings. The minimum absolute atomic E-state index is 0.103. The highest BCUT2D eigenvalue weighted by Crippen LogP contribution is 2.31. The largest absolute Gasteiger partial charge is 0.494 e. The van der Waals surface area contributed by atoms with Gasteiger partial charge in [-0.05, 0) is 73.7 Å². The van der Waals surface area contributed by atoms with Crippen molar-refractivity contribution in [3.8, 4) is 17.2 Å². The zero-order chi connectivity index (χ0) is 21.2. The molecule has 3 aromatic rings. The van der Waals surface area contributed by atoms with E-state index in [0.717, 1.165) is 35.7 Å². The summed E-state index contributed by atoms with van der Waals surface area (Å²) in [6.07, 6.45) is 2.35. The standard InChI is InChI=1S/C26H30O4/c1-2-29-23-15-13-22(14-16-23)26(19-27,20-28)17-7-9-21-8-6-12-25(18-21)30-24-10-4-3-5-11-24/h3-6,8,10-16,18,27-28H,2,7,9,17,19-20H2,1H3. The molecule has 0 saturated carbocycles. The first-order valence-electron chi connectivity index (χ1n) is 10.5.